The van der Waals surface area contributed by atoms with Crippen LogP contribution in [-0.4, -0.2) is 10.2 Å². The monoisotopic (exact) mass is 228 g/mol. The molecule has 0 fully saturated rings. The van der Waals surface area contributed by atoms with Gasteiger partial charge in [0.15, 0.2) is 11.3 Å². The second kappa shape index (κ2) is 3.25. The molecule has 3 aromatic rings. The van der Waals surface area contributed by atoms with Crippen molar-refractivity contribution in [3.05, 3.63) is 46.6 Å². The van der Waals surface area contributed by atoms with E-state index >= 15 is 0 Å². The van der Waals surface area contributed by atoms with Crippen LogP contribution in [0.5, 0.6) is 11.5 Å². The van der Waals surface area contributed by atoms with Gasteiger partial charge in [-0.15, -0.1) is 0 Å². The van der Waals surface area contributed by atoms with E-state index in [1.165, 1.54) is 6.07 Å². The largest absolute Gasteiger partial charge is 0.508 e. The molecule has 2 aromatic carbocycles. The van der Waals surface area contributed by atoms with Gasteiger partial charge in [-0.1, -0.05) is 12.1 Å². The van der Waals surface area contributed by atoms with Crippen LogP contribution in [0.15, 0.2) is 45.6 Å². The van der Waals surface area contributed by atoms with E-state index in [9.17, 15) is 15.0 Å². The number of phenolic OH excluding ortho intramolecular Hbond substituents is 2. The molecule has 0 radical (unpaired) electrons. The van der Waals surface area contributed by atoms with Crippen molar-refractivity contribution in [2.75, 3.05) is 0 Å². The minimum atomic E-state index is -0.270. The molecule has 0 aliphatic carbocycles. The molecule has 0 aliphatic heterocycles. The van der Waals surface area contributed by atoms with Crippen LogP contribution in [0.25, 0.3) is 21.9 Å². The zero-order chi connectivity index (χ0) is 12.0. The van der Waals surface area contributed by atoms with Gasteiger partial charge in [0.1, 0.15) is 11.3 Å². The zero-order valence-corrected chi connectivity index (χ0v) is 8.68. The Balaban J connectivity index is 2.64. The molecule has 0 unspecified atom stereocenters. The Hall–Kier alpha value is -2.49. The first-order valence-corrected chi connectivity index (χ1v) is 5.04. The Bertz CT molecular complexity index is 786. The van der Waals surface area contributed by atoms with E-state index < -0.39 is 0 Å². The fourth-order valence-electron chi connectivity index (χ4n) is 1.87. The third-order valence-corrected chi connectivity index (χ3v) is 2.64. The average Bonchev–Trinajstić information content (AvgIpc) is 2.31. The maximum Gasteiger partial charge on any atom is 0.200 e. The number of aromatic hydroxyl groups is 2. The Kier molecular flexibility index (Phi) is 1.86. The predicted octanol–water partition coefficient (Wildman–Crippen LogP) is 2.36. The van der Waals surface area contributed by atoms with Gasteiger partial charge >= 0.3 is 0 Å². The first-order valence-electron chi connectivity index (χ1n) is 5.04. The molecule has 84 valence electrons. The summed E-state index contributed by atoms with van der Waals surface area (Å²) in [7, 11) is 0. The van der Waals surface area contributed by atoms with E-state index in [0.29, 0.717) is 11.0 Å². The van der Waals surface area contributed by atoms with E-state index in [4.69, 9.17) is 4.42 Å². The summed E-state index contributed by atoms with van der Waals surface area (Å²) < 4.78 is 5.45. The van der Waals surface area contributed by atoms with Crippen LogP contribution in [0, 0.1) is 0 Å². The van der Waals surface area contributed by atoms with Crippen molar-refractivity contribution in [3.8, 4) is 11.5 Å². The highest BCUT2D eigenvalue weighted by Crippen LogP contribution is 2.29. The first-order chi connectivity index (χ1) is 8.16. The van der Waals surface area contributed by atoms with Crippen LogP contribution in [-0.2, 0) is 0 Å². The van der Waals surface area contributed by atoms with E-state index in [0.717, 1.165) is 6.07 Å². The van der Waals surface area contributed by atoms with Crippen molar-refractivity contribution in [2.24, 2.45) is 0 Å². The van der Waals surface area contributed by atoms with Crippen molar-refractivity contribution in [1.29, 1.82) is 0 Å². The highest BCUT2D eigenvalue weighted by atomic mass is 16.4. The molecule has 1 heterocycles. The topological polar surface area (TPSA) is 70.7 Å². The average molecular weight is 228 g/mol. The molecular formula is C13H8O4. The van der Waals surface area contributed by atoms with Gasteiger partial charge in [0.05, 0.1) is 10.8 Å². The Morgan fingerprint density at radius 1 is 1.00 bits per heavy atom. The number of para-hydroxylation sites is 1. The van der Waals surface area contributed by atoms with Crippen LogP contribution < -0.4 is 5.43 Å². The minimum absolute atomic E-state index is 0.0894. The standard InChI is InChI=1S/C13H8O4/c14-7-5-9-12(16)8-3-1-2-4-11(8)17-13(9)10(15)6-7/h1-6,14-15H. The molecule has 3 rings (SSSR count). The molecule has 4 nitrogen and oxygen atoms in total. The Labute approximate surface area is 95.3 Å². The van der Waals surface area contributed by atoms with Crippen LogP contribution in [0.3, 0.4) is 0 Å². The molecule has 0 saturated heterocycles. The van der Waals surface area contributed by atoms with Gasteiger partial charge in [-0.05, 0) is 18.2 Å². The van der Waals surface area contributed by atoms with Crippen LogP contribution in [0.4, 0.5) is 0 Å². The number of hydrogen-bond acceptors (Lipinski definition) is 4. The highest BCUT2D eigenvalue weighted by Gasteiger charge is 2.11. The van der Waals surface area contributed by atoms with E-state index in [1.54, 1.807) is 24.3 Å². The number of phenols is 2. The third-order valence-electron chi connectivity index (χ3n) is 2.64. The molecule has 1 aromatic heterocycles. The van der Waals surface area contributed by atoms with Crippen molar-refractivity contribution in [2.45, 2.75) is 0 Å². The smallest absolute Gasteiger partial charge is 0.200 e. The lowest BCUT2D eigenvalue weighted by Gasteiger charge is -2.03. The van der Waals surface area contributed by atoms with Gasteiger partial charge in [-0.3, -0.25) is 4.79 Å². The summed E-state index contributed by atoms with van der Waals surface area (Å²) in [6, 6.07) is 9.19. The summed E-state index contributed by atoms with van der Waals surface area (Å²) in [5, 5.41) is 19.6. The highest BCUT2D eigenvalue weighted by molar-refractivity contribution is 5.92. The lowest BCUT2D eigenvalue weighted by molar-refractivity contribution is 0.447. The van der Waals surface area contributed by atoms with Crippen LogP contribution >= 0.6 is 0 Å². The summed E-state index contributed by atoms with van der Waals surface area (Å²) >= 11 is 0. The quantitative estimate of drug-likeness (QED) is 0.579. The van der Waals surface area contributed by atoms with E-state index in [1.807, 2.05) is 0 Å². The van der Waals surface area contributed by atoms with Gasteiger partial charge in [0.25, 0.3) is 0 Å². The fourth-order valence-corrected chi connectivity index (χ4v) is 1.87. The molecule has 0 aliphatic rings. The van der Waals surface area contributed by atoms with Gasteiger partial charge in [0.2, 0.25) is 5.43 Å². The number of hydrogen-bond donors (Lipinski definition) is 2. The van der Waals surface area contributed by atoms with Crippen LogP contribution in [0.1, 0.15) is 0 Å². The number of benzene rings is 2. The van der Waals surface area contributed by atoms with Crippen molar-refractivity contribution >= 4 is 21.9 Å². The molecule has 0 amide bonds. The summed E-state index contributed by atoms with van der Waals surface area (Å²) in [6.07, 6.45) is 0. The van der Waals surface area contributed by atoms with E-state index in [2.05, 4.69) is 0 Å². The van der Waals surface area contributed by atoms with Crippen LogP contribution in [0.2, 0.25) is 0 Å². The third kappa shape index (κ3) is 1.34. The molecule has 4 heteroatoms. The molecule has 17 heavy (non-hydrogen) atoms. The number of rotatable bonds is 0. The summed E-state index contributed by atoms with van der Waals surface area (Å²) in [5.41, 5.74) is 0.227. The summed E-state index contributed by atoms with van der Waals surface area (Å²) in [5.74, 6) is -0.416. The minimum Gasteiger partial charge on any atom is -0.508 e. The predicted molar refractivity (Wildman–Crippen MR) is 63.3 cm³/mol. The normalized spacial score (nSPS) is 11.1. The second-order valence-electron chi connectivity index (χ2n) is 3.77. The fraction of sp³-hybridized carbons (Fsp3) is 0. The van der Waals surface area contributed by atoms with Crippen molar-refractivity contribution < 1.29 is 14.6 Å². The first kappa shape index (κ1) is 9.72. The molecular weight excluding hydrogens is 220 g/mol. The van der Waals surface area contributed by atoms with Gasteiger partial charge in [0, 0.05) is 6.07 Å². The lowest BCUT2D eigenvalue weighted by atomic mass is 10.1. The Morgan fingerprint density at radius 2 is 1.76 bits per heavy atom. The van der Waals surface area contributed by atoms with Crippen molar-refractivity contribution in [3.63, 3.8) is 0 Å². The molecule has 0 spiro atoms. The maximum atomic E-state index is 12.1. The summed E-state index contributed by atoms with van der Waals surface area (Å²) in [6.45, 7) is 0. The molecule has 0 atom stereocenters. The Morgan fingerprint density at radius 3 is 2.59 bits per heavy atom. The molecule has 0 saturated carbocycles. The van der Waals surface area contributed by atoms with Gasteiger partial charge in [-0.25, -0.2) is 0 Å². The van der Waals surface area contributed by atoms with E-state index in [-0.39, 0.29) is 27.9 Å². The van der Waals surface area contributed by atoms with Crippen molar-refractivity contribution in [1.82, 2.24) is 0 Å². The summed E-state index contributed by atoms with van der Waals surface area (Å²) in [4.78, 5) is 12.1. The zero-order valence-electron chi connectivity index (χ0n) is 8.68. The molecule has 0 bridgehead atoms. The number of fused-ring (bicyclic) bond motifs is 2. The van der Waals surface area contributed by atoms with Gasteiger partial charge in [-0.2, -0.15) is 0 Å². The molecule has 2 N–H and O–H groups in total. The lowest BCUT2D eigenvalue weighted by Crippen LogP contribution is -2.01. The maximum absolute atomic E-state index is 12.1. The second-order valence-corrected chi connectivity index (χ2v) is 3.77. The van der Waals surface area contributed by atoms with Gasteiger partial charge < -0.3 is 14.6 Å². The SMILES string of the molecule is O=c1c2ccccc2oc2c(O)cc(O)cc12.